The van der Waals surface area contributed by atoms with E-state index in [-0.39, 0.29) is 22.6 Å². The monoisotopic (exact) mass is 406 g/mol. The van der Waals surface area contributed by atoms with E-state index in [1.54, 1.807) is 0 Å². The largest absolute Gasteiger partial charge is 0.467 e. The summed E-state index contributed by atoms with van der Waals surface area (Å²) in [6.45, 7) is 1.51. The van der Waals surface area contributed by atoms with Gasteiger partial charge < -0.3 is 10.1 Å². The van der Waals surface area contributed by atoms with Crippen molar-refractivity contribution in [3.63, 3.8) is 0 Å². The van der Waals surface area contributed by atoms with Gasteiger partial charge in [-0.15, -0.1) is 0 Å². The number of carbonyl (C=O) groups excluding carboxylic acids is 1. The molecule has 0 fully saturated rings. The van der Waals surface area contributed by atoms with Crippen LogP contribution >= 0.6 is 0 Å². The summed E-state index contributed by atoms with van der Waals surface area (Å²) >= 11 is 0. The van der Waals surface area contributed by atoms with Gasteiger partial charge in [0, 0.05) is 19.7 Å². The fraction of sp³-hybridized carbons (Fsp3) is 0.350. The highest BCUT2D eigenvalue weighted by Crippen LogP contribution is 2.37. The van der Waals surface area contributed by atoms with Crippen LogP contribution < -0.4 is 10.1 Å². The molecule has 3 aromatic rings. The van der Waals surface area contributed by atoms with Gasteiger partial charge in [-0.05, 0) is 25.3 Å². The van der Waals surface area contributed by atoms with Crippen LogP contribution in [0.1, 0.15) is 23.2 Å². The molecule has 0 bridgehead atoms. The number of hydrogen-bond donors (Lipinski definition) is 1. The molecule has 2 aromatic heterocycles. The zero-order valence-corrected chi connectivity index (χ0v) is 16.1. The Morgan fingerprint density at radius 3 is 2.66 bits per heavy atom. The van der Waals surface area contributed by atoms with Gasteiger partial charge in [-0.2, -0.15) is 23.3 Å². The highest BCUT2D eigenvalue weighted by Gasteiger charge is 2.35. The molecule has 1 amide bonds. The highest BCUT2D eigenvalue weighted by molar-refractivity contribution is 5.83. The second-order valence-electron chi connectivity index (χ2n) is 6.64. The standard InChI is InChI=1S/C20H21F3N4O2/c1-13-18-15(20(21,22)23)11-17(25-19(18)27(2)26-13)29-12-16(28)24-10-6-9-14-7-4-3-5-8-14/h3-5,7-8,11H,6,9-10,12H2,1-2H3,(H,24,28). The molecule has 29 heavy (non-hydrogen) atoms. The lowest BCUT2D eigenvalue weighted by Gasteiger charge is -2.12. The molecule has 0 spiro atoms. The van der Waals surface area contributed by atoms with Crippen LogP contribution in [0.3, 0.4) is 0 Å². The molecular formula is C20H21F3N4O2. The first-order valence-electron chi connectivity index (χ1n) is 9.10. The lowest BCUT2D eigenvalue weighted by atomic mass is 10.1. The number of alkyl halides is 3. The number of benzene rings is 1. The third-order valence-corrected chi connectivity index (χ3v) is 4.41. The lowest BCUT2D eigenvalue weighted by Crippen LogP contribution is -2.30. The number of halogens is 3. The number of nitrogens with one attached hydrogen (secondary N) is 1. The van der Waals surface area contributed by atoms with Gasteiger partial charge in [0.1, 0.15) is 0 Å². The summed E-state index contributed by atoms with van der Waals surface area (Å²) in [5.74, 6) is -0.693. The number of nitrogens with zero attached hydrogens (tertiary/aromatic N) is 3. The van der Waals surface area contributed by atoms with Gasteiger partial charge in [-0.25, -0.2) is 0 Å². The van der Waals surface area contributed by atoms with Crippen LogP contribution in [-0.2, 0) is 24.4 Å². The van der Waals surface area contributed by atoms with E-state index in [2.05, 4.69) is 15.4 Å². The average Bonchev–Trinajstić information content (AvgIpc) is 2.97. The summed E-state index contributed by atoms with van der Waals surface area (Å²) in [5.41, 5.74) is 0.564. The first kappa shape index (κ1) is 20.6. The number of rotatable bonds is 7. The van der Waals surface area contributed by atoms with E-state index in [0.29, 0.717) is 6.54 Å². The Morgan fingerprint density at radius 2 is 1.97 bits per heavy atom. The van der Waals surface area contributed by atoms with Crippen molar-refractivity contribution >= 4 is 16.9 Å². The Bertz CT molecular complexity index is 1000. The number of pyridine rings is 1. The van der Waals surface area contributed by atoms with Crippen LogP contribution in [0.2, 0.25) is 0 Å². The summed E-state index contributed by atoms with van der Waals surface area (Å²) in [7, 11) is 1.51. The predicted molar refractivity (Wildman–Crippen MR) is 102 cm³/mol. The van der Waals surface area contributed by atoms with Gasteiger partial charge >= 0.3 is 6.18 Å². The molecule has 3 rings (SSSR count). The lowest BCUT2D eigenvalue weighted by molar-refractivity contribution is -0.136. The minimum absolute atomic E-state index is 0.0515. The van der Waals surface area contributed by atoms with Gasteiger partial charge in [0.25, 0.3) is 5.91 Å². The number of hydrogen-bond acceptors (Lipinski definition) is 4. The van der Waals surface area contributed by atoms with E-state index < -0.39 is 24.3 Å². The van der Waals surface area contributed by atoms with Crippen molar-refractivity contribution in [3.05, 3.63) is 53.2 Å². The minimum Gasteiger partial charge on any atom is -0.467 e. The zero-order chi connectivity index (χ0) is 21.0. The molecule has 0 saturated heterocycles. The normalized spacial score (nSPS) is 11.6. The van der Waals surface area contributed by atoms with Crippen molar-refractivity contribution in [2.45, 2.75) is 25.9 Å². The van der Waals surface area contributed by atoms with E-state index in [1.807, 2.05) is 30.3 Å². The Kier molecular flexibility index (Phi) is 6.05. The molecule has 0 aliphatic carbocycles. The van der Waals surface area contributed by atoms with Crippen molar-refractivity contribution in [2.75, 3.05) is 13.2 Å². The van der Waals surface area contributed by atoms with E-state index in [1.165, 1.54) is 24.2 Å². The van der Waals surface area contributed by atoms with Crippen molar-refractivity contribution in [1.29, 1.82) is 0 Å². The molecule has 154 valence electrons. The summed E-state index contributed by atoms with van der Waals surface area (Å²) in [5, 5.41) is 6.61. The molecule has 0 unspecified atom stereocenters. The minimum atomic E-state index is -4.59. The van der Waals surface area contributed by atoms with Crippen molar-refractivity contribution in [2.24, 2.45) is 7.05 Å². The fourth-order valence-electron chi connectivity index (χ4n) is 3.07. The first-order valence-corrected chi connectivity index (χ1v) is 9.10. The summed E-state index contributed by atoms with van der Waals surface area (Å²) in [4.78, 5) is 16.0. The van der Waals surface area contributed by atoms with Crippen LogP contribution in [0, 0.1) is 6.92 Å². The van der Waals surface area contributed by atoms with Gasteiger partial charge in [-0.3, -0.25) is 9.48 Å². The molecule has 1 aromatic carbocycles. The van der Waals surface area contributed by atoms with Crippen LogP contribution in [0.15, 0.2) is 36.4 Å². The van der Waals surface area contributed by atoms with Crippen LogP contribution in [0.5, 0.6) is 5.88 Å². The van der Waals surface area contributed by atoms with Gasteiger partial charge in [-0.1, -0.05) is 30.3 Å². The van der Waals surface area contributed by atoms with Crippen molar-refractivity contribution < 1.29 is 22.7 Å². The SMILES string of the molecule is Cc1nn(C)c2nc(OCC(=O)NCCCc3ccccc3)cc(C(F)(F)F)c12. The van der Waals surface area contributed by atoms with Gasteiger partial charge in [0.15, 0.2) is 12.3 Å². The second-order valence-corrected chi connectivity index (χ2v) is 6.64. The number of amides is 1. The molecule has 0 saturated carbocycles. The third kappa shape index (κ3) is 5.04. The van der Waals surface area contributed by atoms with Crippen LogP contribution in [-0.4, -0.2) is 33.8 Å². The van der Waals surface area contributed by atoms with Crippen molar-refractivity contribution in [3.8, 4) is 5.88 Å². The maximum Gasteiger partial charge on any atom is 0.417 e. The van der Waals surface area contributed by atoms with E-state index >= 15 is 0 Å². The maximum atomic E-state index is 13.4. The van der Waals surface area contributed by atoms with Gasteiger partial charge in [0.05, 0.1) is 16.6 Å². The Labute approximate surface area is 165 Å². The molecular weight excluding hydrogens is 385 g/mol. The zero-order valence-electron chi connectivity index (χ0n) is 16.1. The maximum absolute atomic E-state index is 13.4. The number of fused-ring (bicyclic) bond motifs is 1. The molecule has 0 aliphatic heterocycles. The summed E-state index contributed by atoms with van der Waals surface area (Å²) in [6.07, 6.45) is -3.03. The molecule has 9 heteroatoms. The van der Waals surface area contributed by atoms with E-state index in [9.17, 15) is 18.0 Å². The predicted octanol–water partition coefficient (Wildman–Crippen LogP) is 3.42. The second kappa shape index (κ2) is 8.50. The quantitative estimate of drug-likeness (QED) is 0.611. The van der Waals surface area contributed by atoms with Crippen molar-refractivity contribution in [1.82, 2.24) is 20.1 Å². The Hall–Kier alpha value is -3.10. The molecule has 6 nitrogen and oxygen atoms in total. The molecule has 0 atom stereocenters. The molecule has 0 aliphatic rings. The molecule has 2 heterocycles. The topological polar surface area (TPSA) is 69.0 Å². The smallest absolute Gasteiger partial charge is 0.417 e. The Morgan fingerprint density at radius 1 is 1.24 bits per heavy atom. The first-order chi connectivity index (χ1) is 13.8. The van der Waals surface area contributed by atoms with Gasteiger partial charge in [0.2, 0.25) is 5.88 Å². The van der Waals surface area contributed by atoms with E-state index in [0.717, 1.165) is 18.9 Å². The summed E-state index contributed by atoms with van der Waals surface area (Å²) in [6, 6.07) is 10.6. The Balaban J connectivity index is 1.60. The number of carbonyl (C=O) groups is 1. The fourth-order valence-corrected chi connectivity index (χ4v) is 3.07. The third-order valence-electron chi connectivity index (χ3n) is 4.41. The average molecular weight is 406 g/mol. The highest BCUT2D eigenvalue weighted by atomic mass is 19.4. The number of aryl methyl sites for hydroxylation is 3. The number of aromatic nitrogens is 3. The van der Waals surface area contributed by atoms with E-state index in [4.69, 9.17) is 4.74 Å². The molecule has 1 N–H and O–H groups in total. The van der Waals surface area contributed by atoms with Crippen LogP contribution in [0.25, 0.3) is 11.0 Å². The number of ether oxygens (including phenoxy) is 1. The molecule has 0 radical (unpaired) electrons. The summed E-state index contributed by atoms with van der Waals surface area (Å²) < 4.78 is 46.8. The van der Waals surface area contributed by atoms with Crippen LogP contribution in [0.4, 0.5) is 13.2 Å².